The number of nitrogens with two attached hydrogens (primary N) is 2. The second-order valence-electron chi connectivity index (χ2n) is 19.3. The molecule has 8 bridgehead atoms. The van der Waals surface area contributed by atoms with E-state index >= 15 is 0 Å². The van der Waals surface area contributed by atoms with E-state index in [1.54, 1.807) is 0 Å². The van der Waals surface area contributed by atoms with Crippen molar-refractivity contribution in [3.63, 3.8) is 0 Å². The number of hydrogen-bond acceptors (Lipinski definition) is 10. The molecular weight excluding hydrogens is 781 g/mol. The standard InChI is InChI=1S/C46H68N6O9/c47-36(10-4-6-14-49-45(57)60-40-32-18-28-16-29(20-32)21-33(40)19-28)42(54)51-37(12-13-39(48)53)43(55)52-38(44(56)59-26-27-8-2-1-3-9-27)11-5-7-15-50-46(58)61-41-34-22-30-17-31(24-34)25-35(41)23-30/h1-3,8-9,28-38,40-41H,4-7,10-26,47H2,(H2,48,53)(H,49,57)(H,50,58)(H,51,54)(H,52,55)/t28?,29?,30?,31?,32?,33?,34?,35?,36-,37-,38-,40?,41?/m0/s1. The van der Waals surface area contributed by atoms with Crippen molar-refractivity contribution >= 4 is 35.9 Å². The number of unbranched alkanes of at least 4 members (excludes halogenated alkanes) is 2. The van der Waals surface area contributed by atoms with Crippen molar-refractivity contribution in [1.29, 1.82) is 0 Å². The maximum Gasteiger partial charge on any atom is 0.407 e. The van der Waals surface area contributed by atoms with E-state index in [9.17, 15) is 28.8 Å². The van der Waals surface area contributed by atoms with Gasteiger partial charge in [0.05, 0.1) is 6.04 Å². The maximum absolute atomic E-state index is 13.7. The van der Waals surface area contributed by atoms with E-state index in [0.717, 1.165) is 80.6 Å². The van der Waals surface area contributed by atoms with E-state index in [4.69, 9.17) is 25.7 Å². The van der Waals surface area contributed by atoms with Crippen LogP contribution in [-0.4, -0.2) is 79.3 Å². The average Bonchev–Trinajstić information content (AvgIpc) is 3.22. The third kappa shape index (κ3) is 12.4. The van der Waals surface area contributed by atoms with Gasteiger partial charge in [-0.1, -0.05) is 30.3 Å². The number of carbonyl (C=O) groups excluding carboxylic acids is 6. The van der Waals surface area contributed by atoms with Gasteiger partial charge in [0.1, 0.15) is 30.9 Å². The SMILES string of the molecule is NC(=O)CC[C@H](NC(=O)[C@@H](N)CCCCNC(=O)OC1C2CC3CC(C2)CC1C3)C(=O)N[C@@H](CCCCNC(=O)OC1C2CC3CC(C2)CC1C3)C(=O)OCc1ccccc1. The van der Waals surface area contributed by atoms with Gasteiger partial charge in [-0.25, -0.2) is 14.4 Å². The predicted molar refractivity (Wildman–Crippen MR) is 225 cm³/mol. The molecule has 0 unspecified atom stereocenters. The highest BCUT2D eigenvalue weighted by molar-refractivity contribution is 5.92. The molecule has 1 aromatic rings. The van der Waals surface area contributed by atoms with Crippen LogP contribution in [0, 0.1) is 47.3 Å². The minimum Gasteiger partial charge on any atom is -0.459 e. The molecule has 0 aromatic heterocycles. The Balaban J connectivity index is 0.843. The van der Waals surface area contributed by atoms with Crippen LogP contribution in [0.2, 0.25) is 0 Å². The summed E-state index contributed by atoms with van der Waals surface area (Å²) in [6.45, 7) is 0.719. The molecule has 3 atom stereocenters. The Bertz CT molecular complexity index is 1640. The zero-order valence-electron chi connectivity index (χ0n) is 35.6. The van der Waals surface area contributed by atoms with Crippen LogP contribution in [0.25, 0.3) is 0 Å². The molecule has 8 fully saturated rings. The number of rotatable bonds is 22. The lowest BCUT2D eigenvalue weighted by Crippen LogP contribution is -2.54. The number of nitrogens with one attached hydrogen (secondary N) is 4. The summed E-state index contributed by atoms with van der Waals surface area (Å²) < 4.78 is 17.4. The molecule has 8 N–H and O–H groups in total. The Morgan fingerprint density at radius 3 is 1.56 bits per heavy atom. The Hall–Kier alpha value is -4.40. The van der Waals surface area contributed by atoms with Gasteiger partial charge in [-0.2, -0.15) is 0 Å². The summed E-state index contributed by atoms with van der Waals surface area (Å²) in [6.07, 6.45) is 13.4. The molecule has 9 rings (SSSR count). The summed E-state index contributed by atoms with van der Waals surface area (Å²) in [6, 6.07) is 5.93. The number of primary amides is 1. The molecule has 61 heavy (non-hydrogen) atoms. The molecular formula is C46H68N6O9. The van der Waals surface area contributed by atoms with Crippen molar-refractivity contribution in [2.24, 2.45) is 58.8 Å². The second kappa shape index (κ2) is 21.1. The van der Waals surface area contributed by atoms with Crippen molar-refractivity contribution in [3.8, 4) is 0 Å². The number of ether oxygens (including phenoxy) is 3. The Morgan fingerprint density at radius 2 is 1.07 bits per heavy atom. The van der Waals surface area contributed by atoms with E-state index in [1.165, 1.54) is 12.8 Å². The van der Waals surface area contributed by atoms with Crippen molar-refractivity contribution in [1.82, 2.24) is 21.3 Å². The number of esters is 1. The van der Waals surface area contributed by atoms with Gasteiger partial charge in [0.15, 0.2) is 0 Å². The summed E-state index contributed by atoms with van der Waals surface area (Å²) >= 11 is 0. The van der Waals surface area contributed by atoms with E-state index in [-0.39, 0.29) is 38.1 Å². The number of hydrogen-bond donors (Lipinski definition) is 6. The number of carbonyl (C=O) groups is 6. The third-order valence-corrected chi connectivity index (χ3v) is 14.6. The summed E-state index contributed by atoms with van der Waals surface area (Å²) in [5.41, 5.74) is 12.4. The van der Waals surface area contributed by atoms with Crippen LogP contribution in [-0.2, 0) is 40.0 Å². The molecule has 8 aliphatic rings. The van der Waals surface area contributed by atoms with E-state index in [2.05, 4.69) is 21.3 Å². The summed E-state index contributed by atoms with van der Waals surface area (Å²) in [4.78, 5) is 77.5. The highest BCUT2D eigenvalue weighted by Crippen LogP contribution is 2.55. The van der Waals surface area contributed by atoms with Crippen molar-refractivity contribution in [2.45, 2.75) is 153 Å². The number of alkyl carbamates (subject to hydrolysis) is 2. The van der Waals surface area contributed by atoms with Crippen LogP contribution in [0.1, 0.15) is 121 Å². The fourth-order valence-corrected chi connectivity index (χ4v) is 12.1. The normalized spacial score (nSPS) is 30.4. The lowest BCUT2D eigenvalue weighted by Gasteiger charge is -2.53. The largest absolute Gasteiger partial charge is 0.459 e. The molecule has 0 spiro atoms. The zero-order chi connectivity index (χ0) is 42.9. The Labute approximate surface area is 359 Å². The Morgan fingerprint density at radius 1 is 0.590 bits per heavy atom. The van der Waals surface area contributed by atoms with Crippen LogP contribution < -0.4 is 32.7 Å². The molecule has 0 heterocycles. The smallest absolute Gasteiger partial charge is 0.407 e. The van der Waals surface area contributed by atoms with E-state index in [1.807, 2.05) is 30.3 Å². The lowest BCUT2D eigenvalue weighted by molar-refractivity contribution is -0.149. The first kappa shape index (κ1) is 44.6. The van der Waals surface area contributed by atoms with Crippen LogP contribution in [0.3, 0.4) is 0 Å². The molecule has 1 aromatic carbocycles. The molecule has 15 nitrogen and oxygen atoms in total. The Kier molecular flexibility index (Phi) is 15.5. The summed E-state index contributed by atoms with van der Waals surface area (Å²) in [5.74, 6) is 2.46. The van der Waals surface area contributed by atoms with Crippen LogP contribution in [0.5, 0.6) is 0 Å². The predicted octanol–water partition coefficient (Wildman–Crippen LogP) is 4.73. The van der Waals surface area contributed by atoms with Gasteiger partial charge in [0.25, 0.3) is 0 Å². The molecule has 8 aliphatic carbocycles. The van der Waals surface area contributed by atoms with E-state index < -0.39 is 54.0 Å². The summed E-state index contributed by atoms with van der Waals surface area (Å²) in [5, 5.41) is 11.1. The quantitative estimate of drug-likeness (QED) is 0.0534. The lowest BCUT2D eigenvalue weighted by atomic mass is 9.55. The highest BCUT2D eigenvalue weighted by atomic mass is 16.6. The maximum atomic E-state index is 13.7. The van der Waals surface area contributed by atoms with Gasteiger partial charge >= 0.3 is 18.2 Å². The average molecular weight is 849 g/mol. The van der Waals surface area contributed by atoms with Gasteiger partial charge in [-0.15, -0.1) is 0 Å². The third-order valence-electron chi connectivity index (χ3n) is 14.6. The van der Waals surface area contributed by atoms with Crippen LogP contribution in [0.4, 0.5) is 9.59 Å². The van der Waals surface area contributed by atoms with Crippen LogP contribution in [0.15, 0.2) is 30.3 Å². The van der Waals surface area contributed by atoms with Gasteiger partial charge < -0.3 is 46.9 Å². The first-order valence-electron chi connectivity index (χ1n) is 23.2. The highest BCUT2D eigenvalue weighted by Gasteiger charge is 2.51. The van der Waals surface area contributed by atoms with Gasteiger partial charge in [0.2, 0.25) is 17.7 Å². The van der Waals surface area contributed by atoms with Crippen LogP contribution >= 0.6 is 0 Å². The molecule has 0 saturated heterocycles. The van der Waals surface area contributed by atoms with Gasteiger partial charge in [0, 0.05) is 19.5 Å². The molecule has 0 aliphatic heterocycles. The number of amides is 5. The topological polar surface area (TPSA) is 230 Å². The van der Waals surface area contributed by atoms with E-state index in [0.29, 0.717) is 68.9 Å². The first-order valence-corrected chi connectivity index (χ1v) is 23.2. The molecule has 8 saturated carbocycles. The first-order chi connectivity index (χ1) is 29.5. The molecule has 5 amide bonds. The van der Waals surface area contributed by atoms with Crippen molar-refractivity contribution in [3.05, 3.63) is 35.9 Å². The fraction of sp³-hybridized carbons (Fsp3) is 0.739. The zero-order valence-corrected chi connectivity index (χ0v) is 35.6. The summed E-state index contributed by atoms with van der Waals surface area (Å²) in [7, 11) is 0. The minimum absolute atomic E-state index is 0.000300. The molecule has 336 valence electrons. The van der Waals surface area contributed by atoms with Gasteiger partial charge in [-0.05, 0) is 162 Å². The molecule has 0 radical (unpaired) electrons. The van der Waals surface area contributed by atoms with Crippen molar-refractivity contribution in [2.75, 3.05) is 13.1 Å². The number of benzene rings is 1. The van der Waals surface area contributed by atoms with Gasteiger partial charge in [-0.3, -0.25) is 14.4 Å². The minimum atomic E-state index is -1.20. The molecule has 15 heteroatoms. The van der Waals surface area contributed by atoms with Crippen molar-refractivity contribution < 1.29 is 43.0 Å². The monoisotopic (exact) mass is 849 g/mol. The fourth-order valence-electron chi connectivity index (χ4n) is 12.1. The second-order valence-corrected chi connectivity index (χ2v) is 19.3.